The van der Waals surface area contributed by atoms with E-state index in [0.29, 0.717) is 31.6 Å². The van der Waals surface area contributed by atoms with Crippen LogP contribution in [0.3, 0.4) is 0 Å². The van der Waals surface area contributed by atoms with Gasteiger partial charge in [-0.2, -0.15) is 0 Å². The van der Waals surface area contributed by atoms with Crippen molar-refractivity contribution in [1.29, 1.82) is 0 Å². The molecular weight excluding hydrogens is 767 g/mol. The fourth-order valence-electron chi connectivity index (χ4n) is 8.16. The first-order valence-electron chi connectivity index (χ1n) is 22.1. The molecule has 0 saturated carbocycles. The Hall–Kier alpha value is -3.29. The standard InChI is InChI=1S/C47H75NO10Si/c1-13-40(55-46(51)48-38-24-19-18-20-25-38)35(9)45-41(54-45)30-32(6)22-21-23-33(7)44-34(8)26-27-42(53-36(10)49)47(12,57-37(11)52-14-2)29-28-39(31-43(50)56-44)58-59(15-3,16-4)17-5/h18-27,32,34-35,37,39-42,44-45H,13-17,28-31H2,1-12H3,(H,48,51)/b22-21+,27-26-,33-23+. The van der Waals surface area contributed by atoms with Gasteiger partial charge >= 0.3 is 18.0 Å². The van der Waals surface area contributed by atoms with Gasteiger partial charge in [0.15, 0.2) is 14.6 Å². The van der Waals surface area contributed by atoms with Crippen LogP contribution in [0.25, 0.3) is 0 Å². The first kappa shape index (κ1) is 50.1. The molecule has 0 aliphatic carbocycles. The summed E-state index contributed by atoms with van der Waals surface area (Å²) in [5.41, 5.74) is 0.614. The van der Waals surface area contributed by atoms with Crippen molar-refractivity contribution in [2.24, 2.45) is 17.8 Å². The second kappa shape index (κ2) is 24.2. The number of ether oxygens (including phenoxy) is 6. The van der Waals surface area contributed by atoms with Crippen LogP contribution in [-0.4, -0.2) is 81.5 Å². The highest BCUT2D eigenvalue weighted by atomic mass is 28.4. The van der Waals surface area contributed by atoms with Crippen LogP contribution in [0, 0.1) is 17.8 Å². The summed E-state index contributed by atoms with van der Waals surface area (Å²) in [5, 5.41) is 2.80. The minimum atomic E-state index is -2.11. The van der Waals surface area contributed by atoms with Crippen LogP contribution >= 0.6 is 0 Å². The molecule has 12 heteroatoms. The Bertz CT molecular complexity index is 1540. The normalized spacial score (nSPS) is 28.3. The number of nitrogens with one attached hydrogen (secondary N) is 1. The average molecular weight is 842 g/mol. The zero-order valence-electron chi connectivity index (χ0n) is 38.0. The Morgan fingerprint density at radius 2 is 1.69 bits per heavy atom. The van der Waals surface area contributed by atoms with Crippen molar-refractivity contribution >= 4 is 32.0 Å². The second-order valence-corrected chi connectivity index (χ2v) is 21.4. The Labute approximate surface area is 356 Å². The van der Waals surface area contributed by atoms with Crippen molar-refractivity contribution in [3.05, 3.63) is 66.3 Å². The third kappa shape index (κ3) is 15.9. The molecule has 1 amide bonds. The predicted octanol–water partition coefficient (Wildman–Crippen LogP) is 10.7. The Balaban J connectivity index is 1.78. The number of hydrogen-bond donors (Lipinski definition) is 1. The molecule has 1 aromatic rings. The molecule has 2 aliphatic heterocycles. The molecule has 11 nitrogen and oxygen atoms in total. The minimum absolute atomic E-state index is 0.0129. The zero-order chi connectivity index (χ0) is 43.8. The van der Waals surface area contributed by atoms with Crippen molar-refractivity contribution in [2.45, 2.75) is 182 Å². The van der Waals surface area contributed by atoms with Crippen LogP contribution in [-0.2, 0) is 42.4 Å². The van der Waals surface area contributed by atoms with Gasteiger partial charge in [0.25, 0.3) is 0 Å². The van der Waals surface area contributed by atoms with Crippen molar-refractivity contribution in [1.82, 2.24) is 0 Å². The molecule has 0 aromatic heterocycles. The van der Waals surface area contributed by atoms with Crippen molar-refractivity contribution in [3.8, 4) is 0 Å². The summed E-state index contributed by atoms with van der Waals surface area (Å²) in [4.78, 5) is 38.9. The van der Waals surface area contributed by atoms with Gasteiger partial charge in [0.2, 0.25) is 0 Å². The summed E-state index contributed by atoms with van der Waals surface area (Å²) < 4.78 is 43.5. The average Bonchev–Trinajstić information content (AvgIpc) is 3.96. The van der Waals surface area contributed by atoms with E-state index in [9.17, 15) is 14.4 Å². The predicted molar refractivity (Wildman–Crippen MR) is 235 cm³/mol. The number of benzene rings is 1. The molecule has 2 heterocycles. The van der Waals surface area contributed by atoms with E-state index in [1.165, 1.54) is 6.92 Å². The summed E-state index contributed by atoms with van der Waals surface area (Å²) >= 11 is 0. The molecule has 3 rings (SSSR count). The van der Waals surface area contributed by atoms with Crippen LogP contribution in [0.15, 0.2) is 66.3 Å². The monoisotopic (exact) mass is 842 g/mol. The van der Waals surface area contributed by atoms with E-state index < -0.39 is 44.5 Å². The van der Waals surface area contributed by atoms with Gasteiger partial charge in [-0.3, -0.25) is 14.9 Å². The molecule has 1 saturated heterocycles. The number of allylic oxidation sites excluding steroid dienone is 3. The number of rotatable bonds is 20. The van der Waals surface area contributed by atoms with Gasteiger partial charge in [-0.15, -0.1) is 0 Å². The zero-order valence-corrected chi connectivity index (χ0v) is 39.0. The number of amides is 1. The summed E-state index contributed by atoms with van der Waals surface area (Å²) in [6, 6.07) is 12.1. The molecule has 1 N–H and O–H groups in total. The van der Waals surface area contributed by atoms with E-state index >= 15 is 0 Å². The molecule has 0 bridgehead atoms. The SMILES string of the molecule is CCOC(C)OC1(C)CCC(O[Si](CC)(CC)CC)CC(=O)OC(/C(C)=C/C=C/C(C)CC2OC2C(C)C(CC)OC(=O)Nc2ccccc2)C(C)/C=C\C1OC(C)=O. The first-order chi connectivity index (χ1) is 28.0. The maximum Gasteiger partial charge on any atom is 0.411 e. The molecule has 11 atom stereocenters. The molecule has 1 fully saturated rings. The summed E-state index contributed by atoms with van der Waals surface area (Å²) in [5.74, 6) is -0.729. The van der Waals surface area contributed by atoms with Gasteiger partial charge in [0.1, 0.15) is 23.9 Å². The number of esters is 2. The van der Waals surface area contributed by atoms with E-state index in [0.717, 1.165) is 30.1 Å². The van der Waals surface area contributed by atoms with E-state index in [1.54, 1.807) is 0 Å². The van der Waals surface area contributed by atoms with Crippen LogP contribution in [0.1, 0.15) is 115 Å². The van der Waals surface area contributed by atoms with Crippen molar-refractivity contribution < 1.29 is 47.2 Å². The van der Waals surface area contributed by atoms with Gasteiger partial charge in [-0.1, -0.05) is 91.0 Å². The van der Waals surface area contributed by atoms with Crippen LogP contribution < -0.4 is 5.32 Å². The lowest BCUT2D eigenvalue weighted by molar-refractivity contribution is -0.227. The summed E-state index contributed by atoms with van der Waals surface area (Å²) in [7, 11) is -2.11. The lowest BCUT2D eigenvalue weighted by Crippen LogP contribution is -2.48. The summed E-state index contributed by atoms with van der Waals surface area (Å²) in [6.45, 7) is 24.3. The largest absolute Gasteiger partial charge is 0.457 e. The maximum atomic E-state index is 13.8. The minimum Gasteiger partial charge on any atom is -0.457 e. The quantitative estimate of drug-likeness (QED) is 0.0257. The number of epoxide rings is 1. The summed E-state index contributed by atoms with van der Waals surface area (Å²) in [6.07, 6.45) is 9.71. The lowest BCUT2D eigenvalue weighted by Gasteiger charge is -2.40. The van der Waals surface area contributed by atoms with E-state index in [2.05, 4.69) is 46.0 Å². The molecule has 59 heavy (non-hydrogen) atoms. The third-order valence-corrected chi connectivity index (χ3v) is 16.7. The topological polar surface area (TPSA) is 131 Å². The van der Waals surface area contributed by atoms with Gasteiger partial charge in [-0.25, -0.2) is 4.79 Å². The number of anilines is 1. The molecule has 1 aromatic carbocycles. The first-order valence-corrected chi connectivity index (χ1v) is 24.6. The van der Waals surface area contributed by atoms with Crippen LogP contribution in [0.5, 0.6) is 0 Å². The molecule has 11 unspecified atom stereocenters. The highest BCUT2D eigenvalue weighted by Crippen LogP contribution is 2.38. The van der Waals surface area contributed by atoms with Gasteiger partial charge in [0, 0.05) is 31.1 Å². The molecular formula is C47H75NO10Si. The Kier molecular flexibility index (Phi) is 20.6. The van der Waals surface area contributed by atoms with Crippen molar-refractivity contribution in [3.63, 3.8) is 0 Å². The second-order valence-electron chi connectivity index (χ2n) is 16.7. The third-order valence-electron chi connectivity index (χ3n) is 12.0. The molecule has 2 aliphatic rings. The van der Waals surface area contributed by atoms with E-state index in [4.69, 9.17) is 32.8 Å². The Morgan fingerprint density at radius 3 is 2.31 bits per heavy atom. The number of carbonyl (C=O) groups is 3. The number of cyclic esters (lactones) is 1. The molecule has 0 spiro atoms. The van der Waals surface area contributed by atoms with Crippen LogP contribution in [0.4, 0.5) is 10.5 Å². The van der Waals surface area contributed by atoms with Gasteiger partial charge < -0.3 is 32.8 Å². The van der Waals surface area contributed by atoms with Gasteiger partial charge in [-0.05, 0) is 101 Å². The molecule has 332 valence electrons. The number of carbonyl (C=O) groups excluding carboxylic acids is 3. The lowest BCUT2D eigenvalue weighted by atomic mass is 9.88. The van der Waals surface area contributed by atoms with E-state index in [-0.39, 0.29) is 54.6 Å². The highest BCUT2D eigenvalue weighted by Gasteiger charge is 2.46. The number of hydrogen-bond acceptors (Lipinski definition) is 10. The fraction of sp³-hybridized carbons (Fsp3) is 0.681. The van der Waals surface area contributed by atoms with E-state index in [1.807, 2.05) is 96.2 Å². The molecule has 0 radical (unpaired) electrons. The Morgan fingerprint density at radius 1 is 1.02 bits per heavy atom. The number of para-hydroxylation sites is 1. The van der Waals surface area contributed by atoms with Gasteiger partial charge in [0.05, 0.1) is 24.7 Å². The van der Waals surface area contributed by atoms with Crippen LogP contribution in [0.2, 0.25) is 18.1 Å². The van der Waals surface area contributed by atoms with Crippen molar-refractivity contribution in [2.75, 3.05) is 11.9 Å². The fourth-order valence-corrected chi connectivity index (χ4v) is 11.1. The maximum absolute atomic E-state index is 13.8. The smallest absolute Gasteiger partial charge is 0.411 e. The highest BCUT2D eigenvalue weighted by molar-refractivity contribution is 6.73.